The molecule has 1 saturated carbocycles. The third-order valence-electron chi connectivity index (χ3n) is 3.89. The van der Waals surface area contributed by atoms with Gasteiger partial charge in [0, 0.05) is 5.92 Å². The lowest BCUT2D eigenvalue weighted by molar-refractivity contribution is -0.178. The van der Waals surface area contributed by atoms with Crippen LogP contribution < -0.4 is 0 Å². The van der Waals surface area contributed by atoms with Crippen LogP contribution in [-0.4, -0.2) is 18.2 Å². The van der Waals surface area contributed by atoms with E-state index in [2.05, 4.69) is 0 Å². The summed E-state index contributed by atoms with van der Waals surface area (Å²) in [6, 6.07) is 1.55. The Labute approximate surface area is 103 Å². The molecule has 0 aromatic carbocycles. The van der Waals surface area contributed by atoms with E-state index in [0.717, 1.165) is 19.3 Å². The van der Waals surface area contributed by atoms with Gasteiger partial charge in [-0.3, -0.25) is 4.79 Å². The number of carbonyl (C=O) groups is 1. The third-order valence-corrected chi connectivity index (χ3v) is 3.89. The zero-order chi connectivity index (χ0) is 13.6. The number of ether oxygens (including phenoxy) is 1. The first kappa shape index (κ1) is 13.2. The van der Waals surface area contributed by atoms with E-state index in [1.54, 1.807) is 6.07 Å². The average molecular weight is 261 g/mol. The standard InChI is InChI=1S/C12H14F3NO2/c1-2-3-4-5-7-8-9(12(13,14)15)11(8,6-16)10(17)18-7/h7-9H,2-5H2,1H3/t7?,8-,9-,11-/m1/s1. The minimum absolute atomic E-state index is 0.417. The molecule has 2 rings (SSSR count). The number of nitrogens with zero attached hydrogens (tertiary/aromatic N) is 1. The fraction of sp³-hybridized carbons (Fsp3) is 0.833. The molecule has 2 aliphatic rings. The normalized spacial score (nSPS) is 37.9. The van der Waals surface area contributed by atoms with Crippen LogP contribution in [0.4, 0.5) is 13.2 Å². The van der Waals surface area contributed by atoms with Gasteiger partial charge in [0.25, 0.3) is 0 Å². The highest BCUT2D eigenvalue weighted by Crippen LogP contribution is 2.71. The van der Waals surface area contributed by atoms with E-state index in [9.17, 15) is 18.0 Å². The van der Waals surface area contributed by atoms with Crippen molar-refractivity contribution in [3.63, 3.8) is 0 Å². The number of alkyl halides is 3. The molecule has 0 bridgehead atoms. The number of halogens is 3. The van der Waals surface area contributed by atoms with Crippen molar-refractivity contribution in [2.45, 2.75) is 44.9 Å². The van der Waals surface area contributed by atoms with Crippen LogP contribution in [0.2, 0.25) is 0 Å². The second-order valence-corrected chi connectivity index (χ2v) is 4.97. The SMILES string of the molecule is CCCCCC1OC(=O)[C@]2(C#N)[C@H]1[C@H]2C(F)(F)F. The molecule has 1 aliphatic heterocycles. The van der Waals surface area contributed by atoms with Crippen molar-refractivity contribution in [2.24, 2.45) is 17.3 Å². The first-order valence-electron chi connectivity index (χ1n) is 6.08. The van der Waals surface area contributed by atoms with E-state index in [0.29, 0.717) is 6.42 Å². The van der Waals surface area contributed by atoms with E-state index in [4.69, 9.17) is 10.00 Å². The van der Waals surface area contributed by atoms with Gasteiger partial charge in [0.05, 0.1) is 12.0 Å². The van der Waals surface area contributed by atoms with Crippen molar-refractivity contribution >= 4 is 5.97 Å². The van der Waals surface area contributed by atoms with E-state index >= 15 is 0 Å². The fourth-order valence-corrected chi connectivity index (χ4v) is 2.98. The van der Waals surface area contributed by atoms with Gasteiger partial charge in [-0.1, -0.05) is 19.8 Å². The summed E-state index contributed by atoms with van der Waals surface area (Å²) in [5, 5.41) is 8.91. The van der Waals surface area contributed by atoms with Gasteiger partial charge in [0.2, 0.25) is 0 Å². The molecule has 1 heterocycles. The maximum absolute atomic E-state index is 12.8. The molecule has 4 atom stereocenters. The monoisotopic (exact) mass is 261 g/mol. The Balaban J connectivity index is 2.12. The van der Waals surface area contributed by atoms with Gasteiger partial charge >= 0.3 is 12.1 Å². The molecular formula is C12H14F3NO2. The first-order valence-corrected chi connectivity index (χ1v) is 6.08. The van der Waals surface area contributed by atoms with Crippen LogP contribution in [0.1, 0.15) is 32.6 Å². The number of fused-ring (bicyclic) bond motifs is 1. The number of carbonyl (C=O) groups excluding carboxylic acids is 1. The van der Waals surface area contributed by atoms with Crippen LogP contribution in [0, 0.1) is 28.6 Å². The van der Waals surface area contributed by atoms with E-state index in [1.807, 2.05) is 6.92 Å². The van der Waals surface area contributed by atoms with Crippen molar-refractivity contribution < 1.29 is 22.7 Å². The molecule has 0 aromatic heterocycles. The summed E-state index contributed by atoms with van der Waals surface area (Å²) in [4.78, 5) is 11.5. The summed E-state index contributed by atoms with van der Waals surface area (Å²) in [5.41, 5.74) is -1.95. The number of nitriles is 1. The quantitative estimate of drug-likeness (QED) is 0.577. The average Bonchev–Trinajstić information content (AvgIpc) is 2.91. The summed E-state index contributed by atoms with van der Waals surface area (Å²) in [6.45, 7) is 1.98. The summed E-state index contributed by atoms with van der Waals surface area (Å²) in [5.74, 6) is -3.81. The molecule has 3 nitrogen and oxygen atoms in total. The fourth-order valence-electron chi connectivity index (χ4n) is 2.98. The second-order valence-electron chi connectivity index (χ2n) is 4.97. The summed E-state index contributed by atoms with van der Waals surface area (Å²) < 4.78 is 43.2. The number of esters is 1. The Morgan fingerprint density at radius 3 is 2.56 bits per heavy atom. The van der Waals surface area contributed by atoms with Gasteiger partial charge in [-0.25, -0.2) is 0 Å². The van der Waals surface area contributed by atoms with E-state index in [-0.39, 0.29) is 0 Å². The molecule has 1 saturated heterocycles. The minimum atomic E-state index is -4.50. The smallest absolute Gasteiger partial charge is 0.394 e. The lowest BCUT2D eigenvalue weighted by atomic mass is 10.0. The van der Waals surface area contributed by atoms with Crippen molar-refractivity contribution in [1.29, 1.82) is 5.26 Å². The highest BCUT2D eigenvalue weighted by Gasteiger charge is 2.86. The predicted octanol–water partition coefficient (Wildman–Crippen LogP) is 2.81. The number of hydrogen-bond acceptors (Lipinski definition) is 3. The zero-order valence-electron chi connectivity index (χ0n) is 9.96. The molecule has 1 aliphatic carbocycles. The number of rotatable bonds is 4. The largest absolute Gasteiger partial charge is 0.461 e. The Hall–Kier alpha value is -1.25. The second kappa shape index (κ2) is 4.15. The number of unbranched alkanes of at least 4 members (excludes halogenated alkanes) is 2. The molecule has 18 heavy (non-hydrogen) atoms. The van der Waals surface area contributed by atoms with E-state index in [1.165, 1.54) is 0 Å². The van der Waals surface area contributed by atoms with Gasteiger partial charge in [0.15, 0.2) is 5.41 Å². The highest BCUT2D eigenvalue weighted by molar-refractivity contribution is 5.88. The number of hydrogen-bond donors (Lipinski definition) is 0. The molecule has 1 unspecified atom stereocenters. The lowest BCUT2D eigenvalue weighted by Gasteiger charge is -2.16. The highest BCUT2D eigenvalue weighted by atomic mass is 19.4. The summed E-state index contributed by atoms with van der Waals surface area (Å²) in [6.07, 6.45) is -2.27. The molecule has 0 spiro atoms. The Morgan fingerprint density at radius 2 is 2.11 bits per heavy atom. The molecule has 100 valence electrons. The third kappa shape index (κ3) is 1.68. The summed E-state index contributed by atoms with van der Waals surface area (Å²) in [7, 11) is 0. The van der Waals surface area contributed by atoms with Crippen LogP contribution in [0.25, 0.3) is 0 Å². The summed E-state index contributed by atoms with van der Waals surface area (Å²) >= 11 is 0. The van der Waals surface area contributed by atoms with Crippen LogP contribution in [0.3, 0.4) is 0 Å². The van der Waals surface area contributed by atoms with Gasteiger partial charge in [0.1, 0.15) is 6.10 Å². The van der Waals surface area contributed by atoms with Gasteiger partial charge in [-0.2, -0.15) is 18.4 Å². The Kier molecular flexibility index (Phi) is 3.04. The van der Waals surface area contributed by atoms with Crippen LogP contribution in [0.5, 0.6) is 0 Å². The Morgan fingerprint density at radius 1 is 1.44 bits per heavy atom. The Bertz CT molecular complexity index is 401. The molecule has 0 aromatic rings. The molecule has 0 amide bonds. The lowest BCUT2D eigenvalue weighted by Crippen LogP contribution is -2.27. The van der Waals surface area contributed by atoms with E-state index < -0.39 is 35.5 Å². The van der Waals surface area contributed by atoms with Gasteiger partial charge in [-0.15, -0.1) is 0 Å². The topological polar surface area (TPSA) is 50.1 Å². The van der Waals surface area contributed by atoms with Gasteiger partial charge < -0.3 is 4.74 Å². The molecule has 0 radical (unpaired) electrons. The van der Waals surface area contributed by atoms with Crippen molar-refractivity contribution in [2.75, 3.05) is 0 Å². The first-order chi connectivity index (χ1) is 8.39. The van der Waals surface area contributed by atoms with Crippen LogP contribution in [0.15, 0.2) is 0 Å². The molecule has 2 fully saturated rings. The molecular weight excluding hydrogens is 247 g/mol. The molecule has 6 heteroatoms. The van der Waals surface area contributed by atoms with Crippen molar-refractivity contribution in [3.05, 3.63) is 0 Å². The maximum Gasteiger partial charge on any atom is 0.394 e. The van der Waals surface area contributed by atoms with Crippen LogP contribution >= 0.6 is 0 Å². The van der Waals surface area contributed by atoms with Crippen molar-refractivity contribution in [1.82, 2.24) is 0 Å². The number of cyclic esters (lactones) is 1. The minimum Gasteiger partial charge on any atom is -0.461 e. The zero-order valence-corrected chi connectivity index (χ0v) is 9.96. The van der Waals surface area contributed by atoms with Gasteiger partial charge in [-0.05, 0) is 12.8 Å². The predicted molar refractivity (Wildman–Crippen MR) is 55.1 cm³/mol. The van der Waals surface area contributed by atoms with Crippen LogP contribution in [-0.2, 0) is 9.53 Å². The maximum atomic E-state index is 12.8. The van der Waals surface area contributed by atoms with Crippen molar-refractivity contribution in [3.8, 4) is 6.07 Å². The molecule has 0 N–H and O–H groups in total.